The molecule has 0 aromatic heterocycles. The molecule has 1 nitrogen and oxygen atoms in total. The molecule has 0 unspecified atom stereocenters. The first-order valence-corrected chi connectivity index (χ1v) is 11.7. The zero-order valence-corrected chi connectivity index (χ0v) is 16.4. The molecule has 130 valence electrons. The summed E-state index contributed by atoms with van der Waals surface area (Å²) in [7, 11) is 0. The Hall–Kier alpha value is 0.240. The lowest BCUT2D eigenvalue weighted by molar-refractivity contribution is 0.478. The van der Waals surface area contributed by atoms with Gasteiger partial charge in [-0.15, -0.1) is 11.8 Å². The Balaban J connectivity index is 1.65. The van der Waals surface area contributed by atoms with Crippen molar-refractivity contribution in [1.29, 1.82) is 0 Å². The van der Waals surface area contributed by atoms with Gasteiger partial charge >= 0.3 is 0 Å². The minimum Gasteiger partial charge on any atom is -0.367 e. The van der Waals surface area contributed by atoms with E-state index in [2.05, 4.69) is 35.2 Å². The highest BCUT2D eigenvalue weighted by molar-refractivity contribution is 8.02. The van der Waals surface area contributed by atoms with E-state index in [0.717, 1.165) is 0 Å². The van der Waals surface area contributed by atoms with E-state index < -0.39 is 0 Å². The van der Waals surface area contributed by atoms with Gasteiger partial charge in [-0.1, -0.05) is 77.6 Å². The lowest BCUT2D eigenvalue weighted by Gasteiger charge is -2.13. The first-order chi connectivity index (χ1) is 10.9. The first-order valence-electron chi connectivity index (χ1n) is 9.53. The maximum atomic E-state index is 2.42. The quantitative estimate of drug-likeness (QED) is 0.281. The molecule has 1 heterocycles. The van der Waals surface area contributed by atoms with Crippen LogP contribution in [0, 0.1) is 0 Å². The molecule has 0 amide bonds. The predicted molar refractivity (Wildman–Crippen MR) is 107 cm³/mol. The van der Waals surface area contributed by atoms with Gasteiger partial charge in [0.2, 0.25) is 0 Å². The van der Waals surface area contributed by atoms with Crippen LogP contribution in [0.5, 0.6) is 0 Å². The molecule has 0 fully saturated rings. The molecule has 0 aromatic carbocycles. The smallest absolute Gasteiger partial charge is 0.0675 e. The van der Waals surface area contributed by atoms with Gasteiger partial charge in [0.25, 0.3) is 0 Å². The molecule has 0 N–H and O–H groups in total. The molecule has 3 heteroatoms. The first kappa shape index (κ1) is 20.3. The number of thioether (sulfide) groups is 2. The molecule has 1 rings (SSSR count). The second kappa shape index (κ2) is 16.1. The summed E-state index contributed by atoms with van der Waals surface area (Å²) in [6.45, 7) is 3.52. The summed E-state index contributed by atoms with van der Waals surface area (Å²) in [5, 5.41) is 2.20. The van der Waals surface area contributed by atoms with Gasteiger partial charge in [-0.2, -0.15) is 11.8 Å². The van der Waals surface area contributed by atoms with Crippen molar-refractivity contribution in [1.82, 2.24) is 4.90 Å². The van der Waals surface area contributed by atoms with Crippen LogP contribution < -0.4 is 0 Å². The SMILES string of the molecule is CCCCCCCCCCCCCCSCCN1C=CSC1. The fourth-order valence-corrected chi connectivity index (χ4v) is 4.51. The molecular formula is C19H37NS2. The highest BCUT2D eigenvalue weighted by atomic mass is 32.2. The molecule has 22 heavy (non-hydrogen) atoms. The molecule has 0 atom stereocenters. The van der Waals surface area contributed by atoms with Gasteiger partial charge in [-0.3, -0.25) is 0 Å². The zero-order valence-electron chi connectivity index (χ0n) is 14.7. The van der Waals surface area contributed by atoms with Crippen LogP contribution in [0.25, 0.3) is 0 Å². The molecule has 1 aliphatic rings. The third-order valence-corrected chi connectivity index (χ3v) is 6.12. The van der Waals surface area contributed by atoms with Crippen molar-refractivity contribution in [3.05, 3.63) is 11.6 Å². The molecule has 0 bridgehead atoms. The molecule has 0 aliphatic carbocycles. The Morgan fingerprint density at radius 3 is 1.95 bits per heavy atom. The van der Waals surface area contributed by atoms with Crippen molar-refractivity contribution in [2.45, 2.75) is 84.0 Å². The topological polar surface area (TPSA) is 3.24 Å². The van der Waals surface area contributed by atoms with Gasteiger partial charge in [-0.25, -0.2) is 0 Å². The number of unbranched alkanes of at least 4 members (excludes halogenated alkanes) is 11. The largest absolute Gasteiger partial charge is 0.367 e. The van der Waals surface area contributed by atoms with Crippen LogP contribution >= 0.6 is 23.5 Å². The molecule has 0 aromatic rings. The average Bonchev–Trinajstić information content (AvgIpc) is 3.04. The van der Waals surface area contributed by atoms with E-state index in [1.807, 2.05) is 11.8 Å². The van der Waals surface area contributed by atoms with Gasteiger partial charge in [0.15, 0.2) is 0 Å². The average molecular weight is 344 g/mol. The highest BCUT2D eigenvalue weighted by Crippen LogP contribution is 2.16. The third kappa shape index (κ3) is 12.8. The summed E-state index contributed by atoms with van der Waals surface area (Å²) in [4.78, 5) is 2.42. The molecule has 0 spiro atoms. The Morgan fingerprint density at radius 2 is 1.41 bits per heavy atom. The second-order valence-corrected chi connectivity index (χ2v) is 8.48. The summed E-state index contributed by atoms with van der Waals surface area (Å²) in [5.74, 6) is 3.82. The molecule has 0 saturated carbocycles. The van der Waals surface area contributed by atoms with Gasteiger partial charge in [0.1, 0.15) is 0 Å². The van der Waals surface area contributed by atoms with Crippen LogP contribution in [0.1, 0.15) is 84.0 Å². The Bertz CT molecular complexity index is 256. The van der Waals surface area contributed by atoms with Crippen molar-refractivity contribution in [3.8, 4) is 0 Å². The maximum absolute atomic E-state index is 2.42. The van der Waals surface area contributed by atoms with E-state index in [4.69, 9.17) is 0 Å². The fourth-order valence-electron chi connectivity index (χ4n) is 2.78. The number of rotatable bonds is 16. The van der Waals surface area contributed by atoms with Crippen LogP contribution in [-0.4, -0.2) is 28.8 Å². The van der Waals surface area contributed by atoms with Crippen LogP contribution in [0.15, 0.2) is 11.6 Å². The summed E-state index contributed by atoms with van der Waals surface area (Å²) in [6.07, 6.45) is 19.7. The van der Waals surface area contributed by atoms with Crippen molar-refractivity contribution in [2.75, 3.05) is 23.9 Å². The minimum atomic E-state index is 1.17. The normalized spacial score (nSPS) is 14.1. The third-order valence-electron chi connectivity index (χ3n) is 4.27. The standard InChI is InChI=1S/C19H37NS2/c1-2-3-4-5-6-7-8-9-10-11-12-13-16-21-17-14-20-15-18-22-19-20/h15,18H,2-14,16-17,19H2,1H3. The van der Waals surface area contributed by atoms with Crippen LogP contribution in [-0.2, 0) is 0 Å². The van der Waals surface area contributed by atoms with Crippen molar-refractivity contribution < 1.29 is 0 Å². The molecule has 1 aliphatic heterocycles. The maximum Gasteiger partial charge on any atom is 0.0675 e. The van der Waals surface area contributed by atoms with E-state index in [0.29, 0.717) is 0 Å². The van der Waals surface area contributed by atoms with E-state index in [1.165, 1.54) is 101 Å². The summed E-state index contributed by atoms with van der Waals surface area (Å²) in [5.41, 5.74) is 0. The van der Waals surface area contributed by atoms with Gasteiger partial charge in [-0.05, 0) is 17.6 Å². The predicted octanol–water partition coefficient (Wildman–Crippen LogP) is 6.90. The Kier molecular flexibility index (Phi) is 14.9. The number of hydrogen-bond donors (Lipinski definition) is 0. The fraction of sp³-hybridized carbons (Fsp3) is 0.895. The van der Waals surface area contributed by atoms with Crippen molar-refractivity contribution >= 4 is 23.5 Å². The summed E-state index contributed by atoms with van der Waals surface area (Å²) in [6, 6.07) is 0. The monoisotopic (exact) mass is 343 g/mol. The number of hydrogen-bond acceptors (Lipinski definition) is 3. The zero-order chi connectivity index (χ0) is 15.7. The molecule has 0 saturated heterocycles. The summed E-state index contributed by atoms with van der Waals surface area (Å²) < 4.78 is 0. The van der Waals surface area contributed by atoms with Crippen LogP contribution in [0.3, 0.4) is 0 Å². The van der Waals surface area contributed by atoms with E-state index in [9.17, 15) is 0 Å². The lowest BCUT2D eigenvalue weighted by Crippen LogP contribution is -2.16. The van der Waals surface area contributed by atoms with Gasteiger partial charge in [0, 0.05) is 18.5 Å². The summed E-state index contributed by atoms with van der Waals surface area (Å²) >= 11 is 4.04. The molecule has 0 radical (unpaired) electrons. The van der Waals surface area contributed by atoms with Gasteiger partial charge in [0.05, 0.1) is 5.88 Å². The van der Waals surface area contributed by atoms with Crippen molar-refractivity contribution in [2.24, 2.45) is 0 Å². The molecular weight excluding hydrogens is 306 g/mol. The highest BCUT2D eigenvalue weighted by Gasteiger charge is 2.03. The number of nitrogens with zero attached hydrogens (tertiary/aromatic N) is 1. The van der Waals surface area contributed by atoms with E-state index in [-0.39, 0.29) is 0 Å². The lowest BCUT2D eigenvalue weighted by atomic mass is 10.1. The van der Waals surface area contributed by atoms with Crippen LogP contribution in [0.2, 0.25) is 0 Å². The minimum absolute atomic E-state index is 1.17. The van der Waals surface area contributed by atoms with E-state index in [1.54, 1.807) is 0 Å². The second-order valence-electron chi connectivity index (χ2n) is 6.39. The van der Waals surface area contributed by atoms with Gasteiger partial charge < -0.3 is 4.90 Å². The van der Waals surface area contributed by atoms with E-state index >= 15 is 0 Å². The van der Waals surface area contributed by atoms with Crippen molar-refractivity contribution in [3.63, 3.8) is 0 Å². The van der Waals surface area contributed by atoms with Crippen LogP contribution in [0.4, 0.5) is 0 Å². The Morgan fingerprint density at radius 1 is 0.818 bits per heavy atom. The Labute approximate surface area is 148 Å².